The molecule has 0 radical (unpaired) electrons. The Kier molecular flexibility index (Phi) is 9.46. The third-order valence-electron chi connectivity index (χ3n) is 5.19. The first-order chi connectivity index (χ1) is 17.5. The minimum absolute atomic E-state index is 0.276. The highest BCUT2D eigenvalue weighted by Gasteiger charge is 2.20. The van der Waals surface area contributed by atoms with Crippen molar-refractivity contribution in [3.05, 3.63) is 100 Å². The van der Waals surface area contributed by atoms with Crippen LogP contribution in [-0.2, 0) is 0 Å². The third-order valence-corrected chi connectivity index (χ3v) is 6.29. The van der Waals surface area contributed by atoms with Crippen molar-refractivity contribution in [1.82, 2.24) is 0 Å². The summed E-state index contributed by atoms with van der Waals surface area (Å²) in [4.78, 5) is 13.3. The van der Waals surface area contributed by atoms with Crippen molar-refractivity contribution in [1.29, 1.82) is 5.26 Å². The van der Waals surface area contributed by atoms with Crippen LogP contribution in [0.5, 0.6) is 5.75 Å². The average Bonchev–Trinajstić information content (AvgIpc) is 2.90. The number of amides is 1. The lowest BCUT2D eigenvalue weighted by Gasteiger charge is -2.14. The Morgan fingerprint density at radius 3 is 2.58 bits per heavy atom. The van der Waals surface area contributed by atoms with E-state index in [0.717, 1.165) is 10.8 Å². The normalized spacial score (nSPS) is 12.2. The number of nitrogens with one attached hydrogen (secondary N) is 1. The number of benzene rings is 3. The Balaban J connectivity index is 2.18. The molecule has 3 aromatic rings. The van der Waals surface area contributed by atoms with E-state index in [1.54, 1.807) is 42.5 Å². The molecule has 0 saturated heterocycles. The summed E-state index contributed by atoms with van der Waals surface area (Å²) in [5.41, 5.74) is 2.33. The van der Waals surface area contributed by atoms with Gasteiger partial charge in [0, 0.05) is 16.1 Å². The molecule has 3 aromatic carbocycles. The molecule has 0 aliphatic rings. The topological polar surface area (TPSA) is 86.8 Å². The van der Waals surface area contributed by atoms with E-state index >= 15 is 0 Å². The van der Waals surface area contributed by atoms with Crippen molar-refractivity contribution in [2.75, 3.05) is 18.2 Å². The van der Waals surface area contributed by atoms with E-state index in [4.69, 9.17) is 16.3 Å². The van der Waals surface area contributed by atoms with E-state index < -0.39 is 0 Å². The van der Waals surface area contributed by atoms with E-state index in [1.807, 2.05) is 38.1 Å². The molecule has 182 valence electrons. The molecule has 0 unspecified atom stereocenters. The molecule has 36 heavy (non-hydrogen) atoms. The monoisotopic (exact) mass is 516 g/mol. The van der Waals surface area contributed by atoms with E-state index in [-0.39, 0.29) is 11.7 Å². The van der Waals surface area contributed by atoms with Gasteiger partial charge in [0.05, 0.1) is 18.2 Å². The van der Waals surface area contributed by atoms with Crippen LogP contribution in [-0.4, -0.2) is 18.8 Å². The molecular formula is C28H25ClN4O2S. The van der Waals surface area contributed by atoms with Crippen LogP contribution in [0.15, 0.2) is 99.7 Å². The van der Waals surface area contributed by atoms with E-state index in [2.05, 4.69) is 28.2 Å². The zero-order valence-electron chi connectivity index (χ0n) is 20.2. The second-order valence-electron chi connectivity index (χ2n) is 7.36. The maximum absolute atomic E-state index is 13.3. The second kappa shape index (κ2) is 12.7. The van der Waals surface area contributed by atoms with Gasteiger partial charge in [0.2, 0.25) is 0 Å². The van der Waals surface area contributed by atoms with Crippen molar-refractivity contribution in [2.24, 2.45) is 10.2 Å². The van der Waals surface area contributed by atoms with Gasteiger partial charge in [-0.25, -0.2) is 0 Å². The maximum Gasteiger partial charge on any atom is 0.259 e. The highest BCUT2D eigenvalue weighted by Crippen LogP contribution is 2.41. The molecule has 0 bridgehead atoms. The fourth-order valence-corrected chi connectivity index (χ4v) is 4.30. The van der Waals surface area contributed by atoms with Crippen LogP contribution in [0.2, 0.25) is 5.02 Å². The third kappa shape index (κ3) is 6.03. The molecule has 0 spiro atoms. The summed E-state index contributed by atoms with van der Waals surface area (Å²) in [7, 11) is 1.48. The number of carbonyl (C=O) groups is 1. The maximum atomic E-state index is 13.3. The Hall–Kier alpha value is -3.86. The van der Waals surface area contributed by atoms with Crippen molar-refractivity contribution >= 4 is 51.4 Å². The van der Waals surface area contributed by atoms with Crippen LogP contribution >= 0.6 is 23.4 Å². The SMILES string of the molecule is C=CC(=CC)C(C#N)=C(N=Nc1c(OC)c(C(=O)Nc2ccc(Cl)cc2)cc2ccccc12)SCC. The van der Waals surface area contributed by atoms with Crippen LogP contribution in [0.1, 0.15) is 24.2 Å². The highest BCUT2D eigenvalue weighted by molar-refractivity contribution is 8.03. The highest BCUT2D eigenvalue weighted by atomic mass is 35.5. The summed E-state index contributed by atoms with van der Waals surface area (Å²) in [5.74, 6) is 0.601. The zero-order chi connectivity index (χ0) is 26.1. The van der Waals surface area contributed by atoms with Crippen LogP contribution in [0.4, 0.5) is 11.4 Å². The van der Waals surface area contributed by atoms with Gasteiger partial charge in [0.15, 0.2) is 5.75 Å². The number of halogens is 1. The quantitative estimate of drug-likeness (QED) is 0.175. The molecule has 1 amide bonds. The minimum Gasteiger partial charge on any atom is -0.494 e. The summed E-state index contributed by atoms with van der Waals surface area (Å²) >= 11 is 7.36. The number of fused-ring (bicyclic) bond motifs is 1. The van der Waals surface area contributed by atoms with Crippen molar-refractivity contribution in [3.63, 3.8) is 0 Å². The van der Waals surface area contributed by atoms with Crippen molar-refractivity contribution in [2.45, 2.75) is 13.8 Å². The van der Waals surface area contributed by atoms with Gasteiger partial charge in [-0.15, -0.1) is 22.0 Å². The number of hydrogen-bond donors (Lipinski definition) is 1. The second-order valence-corrected chi connectivity index (χ2v) is 9.05. The number of allylic oxidation sites excluding steroid dienone is 4. The fourth-order valence-electron chi connectivity index (χ4n) is 3.50. The number of hydrogen-bond acceptors (Lipinski definition) is 6. The summed E-state index contributed by atoms with van der Waals surface area (Å²) in [6, 6.07) is 18.3. The number of carbonyl (C=O) groups excluding carboxylic acids is 1. The van der Waals surface area contributed by atoms with Crippen molar-refractivity contribution in [3.8, 4) is 11.8 Å². The van der Waals surface area contributed by atoms with Gasteiger partial charge in [-0.2, -0.15) is 5.26 Å². The van der Waals surface area contributed by atoms with Gasteiger partial charge in [0.1, 0.15) is 16.8 Å². The van der Waals surface area contributed by atoms with E-state index in [9.17, 15) is 10.1 Å². The minimum atomic E-state index is -0.365. The molecular weight excluding hydrogens is 492 g/mol. The lowest BCUT2D eigenvalue weighted by molar-refractivity contribution is 0.102. The first-order valence-electron chi connectivity index (χ1n) is 11.1. The molecule has 0 saturated carbocycles. The van der Waals surface area contributed by atoms with Gasteiger partial charge in [0.25, 0.3) is 5.91 Å². The molecule has 0 heterocycles. The number of azo groups is 1. The molecule has 0 aliphatic carbocycles. The summed E-state index contributed by atoms with van der Waals surface area (Å²) in [5, 5.41) is 24.2. The Morgan fingerprint density at radius 2 is 1.97 bits per heavy atom. The van der Waals surface area contributed by atoms with Crippen LogP contribution in [0, 0.1) is 11.3 Å². The molecule has 0 atom stereocenters. The first kappa shape index (κ1) is 26.7. The van der Waals surface area contributed by atoms with Crippen LogP contribution in [0.25, 0.3) is 10.8 Å². The van der Waals surface area contributed by atoms with Gasteiger partial charge in [-0.05, 0) is 54.0 Å². The first-order valence-corrected chi connectivity index (χ1v) is 12.5. The Labute approximate surface area is 220 Å². The standard InChI is InChI=1S/C28H25ClN4O2S/c1-5-18(6-2)24(17-30)28(36-7-3)33-32-25-22-11-9-8-10-19(22)16-23(26(25)35-4)27(34)31-21-14-12-20(29)13-15-21/h5-6,8-16H,1,7H2,2-4H3,(H,31,34). The number of anilines is 1. The number of nitrogens with zero attached hydrogens (tertiary/aromatic N) is 3. The Morgan fingerprint density at radius 1 is 1.25 bits per heavy atom. The van der Waals surface area contributed by atoms with Gasteiger partial charge in [-0.1, -0.05) is 61.5 Å². The lowest BCUT2D eigenvalue weighted by Crippen LogP contribution is -2.13. The van der Waals surface area contributed by atoms with Gasteiger partial charge >= 0.3 is 0 Å². The smallest absolute Gasteiger partial charge is 0.259 e. The van der Waals surface area contributed by atoms with Crippen LogP contribution < -0.4 is 10.1 Å². The largest absolute Gasteiger partial charge is 0.494 e. The molecule has 0 aromatic heterocycles. The predicted molar refractivity (Wildman–Crippen MR) is 149 cm³/mol. The summed E-state index contributed by atoms with van der Waals surface area (Å²) in [6.45, 7) is 7.59. The van der Waals surface area contributed by atoms with Gasteiger partial charge < -0.3 is 10.1 Å². The summed E-state index contributed by atoms with van der Waals surface area (Å²) < 4.78 is 5.68. The van der Waals surface area contributed by atoms with E-state index in [1.165, 1.54) is 18.9 Å². The zero-order valence-corrected chi connectivity index (χ0v) is 21.8. The van der Waals surface area contributed by atoms with E-state index in [0.29, 0.717) is 43.9 Å². The summed E-state index contributed by atoms with van der Waals surface area (Å²) in [6.07, 6.45) is 3.41. The molecule has 0 aliphatic heterocycles. The lowest BCUT2D eigenvalue weighted by atomic mass is 10.0. The molecule has 0 fully saturated rings. The average molecular weight is 517 g/mol. The fraction of sp³-hybridized carbons (Fsp3) is 0.143. The van der Waals surface area contributed by atoms with Crippen LogP contribution in [0.3, 0.4) is 0 Å². The number of methoxy groups -OCH3 is 1. The number of thioether (sulfide) groups is 1. The number of rotatable bonds is 9. The predicted octanol–water partition coefficient (Wildman–Crippen LogP) is 8.46. The molecule has 3 rings (SSSR count). The Bertz CT molecular complexity index is 1420. The van der Waals surface area contributed by atoms with Crippen molar-refractivity contribution < 1.29 is 9.53 Å². The van der Waals surface area contributed by atoms with Gasteiger partial charge in [-0.3, -0.25) is 4.79 Å². The number of ether oxygens (including phenoxy) is 1. The number of nitriles is 1. The molecule has 8 heteroatoms. The molecule has 6 nitrogen and oxygen atoms in total. The molecule has 1 N–H and O–H groups in total.